The van der Waals surface area contributed by atoms with E-state index in [0.29, 0.717) is 6.54 Å². The van der Waals surface area contributed by atoms with E-state index >= 15 is 0 Å². The highest BCUT2D eigenvalue weighted by Gasteiger charge is 2.47. The molecule has 0 unspecified atom stereocenters. The number of ether oxygens (including phenoxy) is 1. The molecule has 2 fully saturated rings. The first-order valence-electron chi connectivity index (χ1n) is 7.56. The number of rotatable bonds is 5. The summed E-state index contributed by atoms with van der Waals surface area (Å²) in [6, 6.07) is 3.75. The second kappa shape index (κ2) is 5.54. The zero-order chi connectivity index (χ0) is 14.9. The largest absolute Gasteiger partial charge is 0.469 e. The minimum atomic E-state index is -0.514. The summed E-state index contributed by atoms with van der Waals surface area (Å²) in [6.07, 6.45) is 6.09. The topological polar surface area (TPSA) is 68.5 Å². The molecule has 5 nitrogen and oxygen atoms in total. The van der Waals surface area contributed by atoms with Crippen LogP contribution in [0.15, 0.2) is 22.8 Å². The molecule has 0 saturated heterocycles. The van der Waals surface area contributed by atoms with Crippen LogP contribution in [-0.4, -0.2) is 25.5 Å². The number of furan rings is 1. The van der Waals surface area contributed by atoms with E-state index in [4.69, 9.17) is 9.15 Å². The summed E-state index contributed by atoms with van der Waals surface area (Å²) in [5.74, 6) is 0.869. The number of methoxy groups -OCH3 is 1. The van der Waals surface area contributed by atoms with Crippen LogP contribution in [0.1, 0.15) is 43.8 Å². The van der Waals surface area contributed by atoms with Gasteiger partial charge in [0.25, 0.3) is 0 Å². The molecule has 2 atom stereocenters. The van der Waals surface area contributed by atoms with Gasteiger partial charge in [0.1, 0.15) is 5.76 Å². The van der Waals surface area contributed by atoms with Crippen molar-refractivity contribution in [1.82, 2.24) is 5.32 Å². The van der Waals surface area contributed by atoms with Crippen molar-refractivity contribution >= 4 is 11.9 Å². The third-order valence-corrected chi connectivity index (χ3v) is 4.82. The SMILES string of the molecule is COC(=O)C1(CNC(=O)[C@H]2C[C@@H]2c2ccco2)CCCC1. The number of nitrogens with one attached hydrogen (secondary N) is 1. The second-order valence-corrected chi connectivity index (χ2v) is 6.16. The standard InChI is InChI=1S/C16H21NO4/c1-20-15(19)16(6-2-3-7-16)10-17-14(18)12-9-11(12)13-5-4-8-21-13/h4-5,8,11-12H,2-3,6-7,9-10H2,1H3,(H,17,18)/t11-,12-/m0/s1. The van der Waals surface area contributed by atoms with Crippen molar-refractivity contribution in [1.29, 1.82) is 0 Å². The van der Waals surface area contributed by atoms with Crippen molar-refractivity contribution in [3.8, 4) is 0 Å². The Morgan fingerprint density at radius 2 is 2.19 bits per heavy atom. The summed E-state index contributed by atoms with van der Waals surface area (Å²) in [5.41, 5.74) is -0.514. The smallest absolute Gasteiger partial charge is 0.313 e. The Morgan fingerprint density at radius 3 is 2.81 bits per heavy atom. The van der Waals surface area contributed by atoms with Crippen LogP contribution in [0.5, 0.6) is 0 Å². The first-order valence-corrected chi connectivity index (χ1v) is 7.56. The first-order chi connectivity index (χ1) is 10.2. The van der Waals surface area contributed by atoms with E-state index in [1.54, 1.807) is 6.26 Å². The highest BCUT2D eigenvalue weighted by Crippen LogP contribution is 2.48. The van der Waals surface area contributed by atoms with E-state index in [9.17, 15) is 9.59 Å². The van der Waals surface area contributed by atoms with Crippen LogP contribution < -0.4 is 5.32 Å². The number of hydrogen-bond donors (Lipinski definition) is 1. The average molecular weight is 291 g/mol. The first kappa shape index (κ1) is 14.2. The monoisotopic (exact) mass is 291 g/mol. The molecule has 0 aliphatic heterocycles. The minimum Gasteiger partial charge on any atom is -0.469 e. The molecule has 2 aliphatic rings. The summed E-state index contributed by atoms with van der Waals surface area (Å²) in [6.45, 7) is 0.389. The van der Waals surface area contributed by atoms with Crippen LogP contribution in [0.25, 0.3) is 0 Å². The van der Waals surface area contributed by atoms with Gasteiger partial charge in [0.05, 0.1) is 18.8 Å². The molecule has 0 aromatic carbocycles. The van der Waals surface area contributed by atoms with Gasteiger partial charge in [0.15, 0.2) is 0 Å². The van der Waals surface area contributed by atoms with Crippen LogP contribution in [0, 0.1) is 11.3 Å². The van der Waals surface area contributed by atoms with Crippen molar-refractivity contribution in [3.63, 3.8) is 0 Å². The molecule has 21 heavy (non-hydrogen) atoms. The third-order valence-electron chi connectivity index (χ3n) is 4.82. The number of amides is 1. The van der Waals surface area contributed by atoms with Gasteiger partial charge in [0.2, 0.25) is 5.91 Å². The lowest BCUT2D eigenvalue weighted by atomic mass is 9.86. The van der Waals surface area contributed by atoms with Crippen molar-refractivity contribution in [3.05, 3.63) is 24.2 Å². The molecular formula is C16H21NO4. The number of carbonyl (C=O) groups excluding carboxylic acids is 2. The van der Waals surface area contributed by atoms with Gasteiger partial charge in [0, 0.05) is 18.4 Å². The molecule has 5 heteroatoms. The molecular weight excluding hydrogens is 270 g/mol. The minimum absolute atomic E-state index is 0.0200. The van der Waals surface area contributed by atoms with E-state index in [0.717, 1.165) is 37.9 Å². The Kier molecular flexibility index (Phi) is 3.74. The fourth-order valence-electron chi connectivity index (χ4n) is 3.41. The number of hydrogen-bond acceptors (Lipinski definition) is 4. The van der Waals surface area contributed by atoms with Crippen LogP contribution in [0.3, 0.4) is 0 Å². The maximum Gasteiger partial charge on any atom is 0.313 e. The van der Waals surface area contributed by atoms with Gasteiger partial charge in [-0.2, -0.15) is 0 Å². The Balaban J connectivity index is 1.55. The molecule has 2 saturated carbocycles. The molecule has 1 aromatic rings. The van der Waals surface area contributed by atoms with E-state index in [-0.39, 0.29) is 23.7 Å². The fraction of sp³-hybridized carbons (Fsp3) is 0.625. The van der Waals surface area contributed by atoms with E-state index in [1.807, 2.05) is 12.1 Å². The number of esters is 1. The Bertz CT molecular complexity index is 516. The molecule has 3 rings (SSSR count). The predicted molar refractivity (Wildman–Crippen MR) is 75.5 cm³/mol. The number of carbonyl (C=O) groups is 2. The average Bonchev–Trinajstić information content (AvgIpc) is 2.95. The Hall–Kier alpha value is -1.78. The maximum absolute atomic E-state index is 12.2. The van der Waals surface area contributed by atoms with Crippen LogP contribution >= 0.6 is 0 Å². The molecule has 0 spiro atoms. The Morgan fingerprint density at radius 1 is 1.43 bits per heavy atom. The molecule has 1 amide bonds. The van der Waals surface area contributed by atoms with Crippen molar-refractivity contribution in [2.75, 3.05) is 13.7 Å². The summed E-state index contributed by atoms with van der Waals surface area (Å²) >= 11 is 0. The zero-order valence-electron chi connectivity index (χ0n) is 12.3. The van der Waals surface area contributed by atoms with Crippen molar-refractivity contribution in [2.45, 2.75) is 38.0 Å². The van der Waals surface area contributed by atoms with Crippen LogP contribution in [0.2, 0.25) is 0 Å². The van der Waals surface area contributed by atoms with Gasteiger partial charge in [-0.3, -0.25) is 9.59 Å². The summed E-state index contributed by atoms with van der Waals surface area (Å²) < 4.78 is 10.3. The fourth-order valence-corrected chi connectivity index (χ4v) is 3.41. The molecule has 1 N–H and O–H groups in total. The quantitative estimate of drug-likeness (QED) is 0.845. The van der Waals surface area contributed by atoms with Gasteiger partial charge in [-0.25, -0.2) is 0 Å². The lowest BCUT2D eigenvalue weighted by Gasteiger charge is -2.26. The maximum atomic E-state index is 12.2. The molecule has 2 aliphatic carbocycles. The predicted octanol–water partition coefficient (Wildman–Crippen LogP) is 2.23. The third kappa shape index (κ3) is 2.69. The van der Waals surface area contributed by atoms with E-state index in [2.05, 4.69) is 5.32 Å². The second-order valence-electron chi connectivity index (χ2n) is 6.16. The van der Waals surface area contributed by atoms with E-state index in [1.165, 1.54) is 7.11 Å². The highest BCUT2D eigenvalue weighted by atomic mass is 16.5. The van der Waals surface area contributed by atoms with Gasteiger partial charge < -0.3 is 14.5 Å². The van der Waals surface area contributed by atoms with Gasteiger partial charge in [-0.05, 0) is 31.4 Å². The normalized spacial score (nSPS) is 26.3. The zero-order valence-corrected chi connectivity index (χ0v) is 12.3. The van der Waals surface area contributed by atoms with Gasteiger partial charge >= 0.3 is 5.97 Å². The van der Waals surface area contributed by atoms with Gasteiger partial charge in [-0.15, -0.1) is 0 Å². The van der Waals surface area contributed by atoms with Crippen molar-refractivity contribution in [2.24, 2.45) is 11.3 Å². The van der Waals surface area contributed by atoms with Crippen LogP contribution in [-0.2, 0) is 14.3 Å². The molecule has 114 valence electrons. The molecule has 1 heterocycles. The molecule has 1 aromatic heterocycles. The lowest BCUT2D eigenvalue weighted by Crippen LogP contribution is -2.42. The lowest BCUT2D eigenvalue weighted by molar-refractivity contribution is -0.152. The Labute approximate surface area is 124 Å². The van der Waals surface area contributed by atoms with Gasteiger partial charge in [-0.1, -0.05) is 12.8 Å². The van der Waals surface area contributed by atoms with E-state index < -0.39 is 5.41 Å². The highest BCUT2D eigenvalue weighted by molar-refractivity contribution is 5.84. The summed E-state index contributed by atoms with van der Waals surface area (Å²) in [5, 5.41) is 2.95. The molecule has 0 bridgehead atoms. The summed E-state index contributed by atoms with van der Waals surface area (Å²) in [4.78, 5) is 24.2. The van der Waals surface area contributed by atoms with Crippen molar-refractivity contribution < 1.29 is 18.7 Å². The summed E-state index contributed by atoms with van der Waals surface area (Å²) in [7, 11) is 1.41. The molecule has 0 radical (unpaired) electrons. The van der Waals surface area contributed by atoms with Crippen LogP contribution in [0.4, 0.5) is 0 Å².